The number of fused-ring (bicyclic) bond motifs is 1. The molecule has 1 N–H and O–H groups in total. The van der Waals surface area contributed by atoms with Gasteiger partial charge in [0.2, 0.25) is 6.79 Å². The lowest BCUT2D eigenvalue weighted by molar-refractivity contribution is 0.174. The van der Waals surface area contributed by atoms with Crippen LogP contribution in [0.1, 0.15) is 23.6 Å². The van der Waals surface area contributed by atoms with Gasteiger partial charge < -0.3 is 14.8 Å². The van der Waals surface area contributed by atoms with E-state index in [0.717, 1.165) is 16.8 Å². The number of hydrazone groups is 1. The van der Waals surface area contributed by atoms with Crippen LogP contribution in [-0.4, -0.2) is 23.5 Å². The average Bonchev–Trinajstić information content (AvgIpc) is 3.42. The van der Waals surface area contributed by atoms with Gasteiger partial charge in [-0.05, 0) is 47.5 Å². The quantitative estimate of drug-likeness (QED) is 0.520. The Balaban J connectivity index is 1.44. The second-order valence-electron chi connectivity index (χ2n) is 7.17. The summed E-state index contributed by atoms with van der Waals surface area (Å²) in [6, 6.07) is 19.5. The van der Waals surface area contributed by atoms with E-state index in [2.05, 4.69) is 10.4 Å². The number of nitrogens with zero attached hydrogens (tertiary/aromatic N) is 2. The van der Waals surface area contributed by atoms with E-state index in [-0.39, 0.29) is 18.9 Å². The molecule has 0 bridgehead atoms. The van der Waals surface area contributed by atoms with Crippen LogP contribution in [-0.2, 0) is 0 Å². The minimum atomic E-state index is -0.345. The summed E-state index contributed by atoms with van der Waals surface area (Å²) < 4.78 is 10.7. The molecule has 0 saturated heterocycles. The first kappa shape index (κ1) is 19.7. The van der Waals surface area contributed by atoms with Gasteiger partial charge in [-0.15, -0.1) is 0 Å². The van der Waals surface area contributed by atoms with Crippen molar-refractivity contribution in [3.8, 4) is 11.5 Å². The van der Waals surface area contributed by atoms with Crippen LogP contribution in [0.15, 0.2) is 71.8 Å². The number of urea groups is 1. The number of hydrogen-bond donors (Lipinski definition) is 1. The Morgan fingerprint density at radius 3 is 2.35 bits per heavy atom. The van der Waals surface area contributed by atoms with Crippen molar-refractivity contribution < 1.29 is 14.3 Å². The van der Waals surface area contributed by atoms with Crippen molar-refractivity contribution >= 4 is 40.6 Å². The second kappa shape index (κ2) is 8.13. The summed E-state index contributed by atoms with van der Waals surface area (Å²) in [5.41, 5.74) is 3.26. The fourth-order valence-corrected chi connectivity index (χ4v) is 3.87. The second-order valence-corrected chi connectivity index (χ2v) is 8.04. The predicted octanol–water partition coefficient (Wildman–Crippen LogP) is 6.11. The number of amides is 2. The third-order valence-electron chi connectivity index (χ3n) is 5.17. The molecule has 6 nitrogen and oxygen atoms in total. The largest absolute Gasteiger partial charge is 0.454 e. The molecule has 1 atom stereocenters. The Labute approximate surface area is 189 Å². The van der Waals surface area contributed by atoms with Gasteiger partial charge in [0, 0.05) is 28.2 Å². The number of carbonyl (C=O) groups excluding carboxylic acids is 1. The van der Waals surface area contributed by atoms with Crippen LogP contribution in [0.5, 0.6) is 11.5 Å². The van der Waals surface area contributed by atoms with Gasteiger partial charge in [-0.1, -0.05) is 47.5 Å². The van der Waals surface area contributed by atoms with Crippen molar-refractivity contribution in [1.82, 2.24) is 5.01 Å². The standard InChI is InChI=1S/C23H17Cl2N3O3/c24-16-5-1-14(2-6-16)19-12-20(15-3-7-17(25)8-4-15)28(27-19)23(29)26-18-9-10-21-22(11-18)31-13-30-21/h1-11,20H,12-13H2,(H,26,29). The van der Waals surface area contributed by atoms with Gasteiger partial charge in [0.25, 0.3) is 0 Å². The van der Waals surface area contributed by atoms with Crippen molar-refractivity contribution in [2.45, 2.75) is 12.5 Å². The van der Waals surface area contributed by atoms with Gasteiger partial charge in [-0.2, -0.15) is 5.10 Å². The van der Waals surface area contributed by atoms with Gasteiger partial charge in [-0.3, -0.25) is 0 Å². The maximum absolute atomic E-state index is 13.2. The highest BCUT2D eigenvalue weighted by Gasteiger charge is 2.33. The van der Waals surface area contributed by atoms with Crippen molar-refractivity contribution in [3.63, 3.8) is 0 Å². The first-order chi connectivity index (χ1) is 15.1. The highest BCUT2D eigenvalue weighted by atomic mass is 35.5. The number of hydrogen-bond acceptors (Lipinski definition) is 4. The molecule has 2 heterocycles. The molecule has 156 valence electrons. The molecule has 0 saturated carbocycles. The molecule has 2 aliphatic heterocycles. The van der Waals surface area contributed by atoms with E-state index in [0.29, 0.717) is 33.7 Å². The number of nitrogens with one attached hydrogen (secondary N) is 1. The summed E-state index contributed by atoms with van der Waals surface area (Å²) in [5, 5.41) is 10.3. The van der Waals surface area contributed by atoms with Gasteiger partial charge >= 0.3 is 6.03 Å². The Morgan fingerprint density at radius 2 is 1.61 bits per heavy atom. The van der Waals surface area contributed by atoms with E-state index in [9.17, 15) is 4.79 Å². The molecule has 5 rings (SSSR count). The van der Waals surface area contributed by atoms with E-state index in [4.69, 9.17) is 32.7 Å². The summed E-state index contributed by atoms with van der Waals surface area (Å²) in [4.78, 5) is 13.2. The number of rotatable bonds is 3. The summed E-state index contributed by atoms with van der Waals surface area (Å²) in [7, 11) is 0. The third kappa shape index (κ3) is 4.04. The van der Waals surface area contributed by atoms with E-state index in [1.54, 1.807) is 18.2 Å². The minimum Gasteiger partial charge on any atom is -0.454 e. The lowest BCUT2D eigenvalue weighted by atomic mass is 9.98. The number of ether oxygens (including phenoxy) is 2. The SMILES string of the molecule is O=C(Nc1ccc2c(c1)OCO2)N1N=C(c2ccc(Cl)cc2)CC1c1ccc(Cl)cc1. The monoisotopic (exact) mass is 453 g/mol. The van der Waals surface area contributed by atoms with E-state index >= 15 is 0 Å². The van der Waals surface area contributed by atoms with Gasteiger partial charge in [0.1, 0.15) is 0 Å². The van der Waals surface area contributed by atoms with Crippen LogP contribution in [0.25, 0.3) is 0 Å². The molecule has 0 radical (unpaired) electrons. The van der Waals surface area contributed by atoms with Crippen LogP contribution in [0.4, 0.5) is 10.5 Å². The molecule has 3 aromatic carbocycles. The smallest absolute Gasteiger partial charge is 0.342 e. The maximum atomic E-state index is 13.2. The zero-order valence-electron chi connectivity index (χ0n) is 16.2. The number of benzene rings is 3. The van der Waals surface area contributed by atoms with E-state index in [1.165, 1.54) is 5.01 Å². The summed E-state index contributed by atoms with van der Waals surface area (Å²) in [6.07, 6.45) is 0.567. The fourth-order valence-electron chi connectivity index (χ4n) is 3.61. The Bertz CT molecular complexity index is 1160. The molecular formula is C23H17Cl2N3O3. The summed E-state index contributed by atoms with van der Waals surface area (Å²) in [5.74, 6) is 1.25. The zero-order chi connectivity index (χ0) is 21.4. The molecule has 3 aromatic rings. The topological polar surface area (TPSA) is 63.2 Å². The first-order valence-corrected chi connectivity index (χ1v) is 10.4. The first-order valence-electron chi connectivity index (χ1n) is 9.65. The minimum absolute atomic E-state index is 0.173. The highest BCUT2D eigenvalue weighted by molar-refractivity contribution is 6.31. The predicted molar refractivity (Wildman–Crippen MR) is 120 cm³/mol. The molecule has 0 fully saturated rings. The van der Waals surface area contributed by atoms with Crippen molar-refractivity contribution in [2.75, 3.05) is 12.1 Å². The Hall–Kier alpha value is -3.22. The highest BCUT2D eigenvalue weighted by Crippen LogP contribution is 2.36. The molecule has 0 aliphatic carbocycles. The molecule has 1 unspecified atom stereocenters. The van der Waals surface area contributed by atoms with Gasteiger partial charge in [0.05, 0.1) is 11.8 Å². The zero-order valence-corrected chi connectivity index (χ0v) is 17.7. The van der Waals surface area contributed by atoms with Crippen LogP contribution < -0.4 is 14.8 Å². The van der Waals surface area contributed by atoms with Gasteiger partial charge in [0.15, 0.2) is 11.5 Å². The van der Waals surface area contributed by atoms with Crippen LogP contribution in [0.3, 0.4) is 0 Å². The fraction of sp³-hybridized carbons (Fsp3) is 0.130. The third-order valence-corrected chi connectivity index (χ3v) is 5.68. The molecular weight excluding hydrogens is 437 g/mol. The van der Waals surface area contributed by atoms with E-state index < -0.39 is 0 Å². The maximum Gasteiger partial charge on any atom is 0.342 e. The van der Waals surface area contributed by atoms with Crippen LogP contribution in [0.2, 0.25) is 10.0 Å². The number of halogens is 2. The number of carbonyl (C=O) groups is 1. The van der Waals surface area contributed by atoms with Crippen molar-refractivity contribution in [1.29, 1.82) is 0 Å². The summed E-state index contributed by atoms with van der Waals surface area (Å²) in [6.45, 7) is 0.173. The molecule has 0 aromatic heterocycles. The summed E-state index contributed by atoms with van der Waals surface area (Å²) >= 11 is 12.1. The van der Waals surface area contributed by atoms with Crippen molar-refractivity contribution in [3.05, 3.63) is 87.9 Å². The molecule has 2 amide bonds. The Morgan fingerprint density at radius 1 is 0.935 bits per heavy atom. The molecule has 2 aliphatic rings. The molecule has 8 heteroatoms. The number of anilines is 1. The van der Waals surface area contributed by atoms with Crippen molar-refractivity contribution in [2.24, 2.45) is 5.10 Å². The van der Waals surface area contributed by atoms with Gasteiger partial charge in [-0.25, -0.2) is 9.80 Å². The lowest BCUT2D eigenvalue weighted by Crippen LogP contribution is -2.31. The molecule has 31 heavy (non-hydrogen) atoms. The Kier molecular flexibility index (Phi) is 5.18. The molecule has 0 spiro atoms. The normalized spacial score (nSPS) is 16.9. The lowest BCUT2D eigenvalue weighted by Gasteiger charge is -2.22. The average molecular weight is 454 g/mol. The van der Waals surface area contributed by atoms with Crippen LogP contribution >= 0.6 is 23.2 Å². The van der Waals surface area contributed by atoms with E-state index in [1.807, 2.05) is 48.5 Å². The van der Waals surface area contributed by atoms with Crippen LogP contribution in [0, 0.1) is 0 Å².